The summed E-state index contributed by atoms with van der Waals surface area (Å²) in [7, 11) is 2.92. The van der Waals surface area contributed by atoms with Gasteiger partial charge in [-0.3, -0.25) is 9.59 Å². The second-order valence-corrected chi connectivity index (χ2v) is 7.08. The molecule has 0 bridgehead atoms. The van der Waals surface area contributed by atoms with E-state index >= 15 is 0 Å². The van der Waals surface area contributed by atoms with Crippen LogP contribution < -0.4 is 10.1 Å². The summed E-state index contributed by atoms with van der Waals surface area (Å²) in [6, 6.07) is 18.2. The van der Waals surface area contributed by atoms with Gasteiger partial charge in [0.15, 0.2) is 0 Å². The Morgan fingerprint density at radius 2 is 1.50 bits per heavy atom. The zero-order valence-electron chi connectivity index (χ0n) is 17.6. The molecule has 1 unspecified atom stereocenters. The zero-order valence-corrected chi connectivity index (χ0v) is 17.6. The summed E-state index contributed by atoms with van der Waals surface area (Å²) >= 11 is 0. The van der Waals surface area contributed by atoms with Crippen LogP contribution in [0.2, 0.25) is 0 Å². The lowest BCUT2D eigenvalue weighted by molar-refractivity contribution is -0.141. The number of nitrogens with zero attached hydrogens (tertiary/aromatic N) is 1. The molecule has 1 atom stereocenters. The molecule has 6 heteroatoms. The van der Waals surface area contributed by atoms with E-state index in [1.54, 1.807) is 31.4 Å². The topological polar surface area (TPSA) is 69.6 Å². The molecule has 1 amide bonds. The van der Waals surface area contributed by atoms with E-state index in [1.165, 1.54) is 7.11 Å². The zero-order chi connectivity index (χ0) is 21.7. The fraction of sp³-hybridized carbons (Fsp3) is 0.250. The molecule has 3 aromatic rings. The average molecular weight is 406 g/mol. The molecule has 0 radical (unpaired) electrons. The van der Waals surface area contributed by atoms with E-state index in [4.69, 9.17) is 9.47 Å². The standard InChI is InChI=1S/C24H26N2O4/c1-16-5-6-17(2)26(16)20-11-7-19(8-12-20)24(28)25-22(15-23(27)30-4)18-9-13-21(29-3)14-10-18/h5-14,22H,15H2,1-4H3,(H,25,28). The number of esters is 1. The van der Waals surface area contributed by atoms with Crippen molar-refractivity contribution in [2.45, 2.75) is 26.3 Å². The van der Waals surface area contributed by atoms with Gasteiger partial charge in [-0.2, -0.15) is 0 Å². The largest absolute Gasteiger partial charge is 0.497 e. The molecule has 0 aliphatic heterocycles. The third-order valence-electron chi connectivity index (χ3n) is 5.08. The highest BCUT2D eigenvalue weighted by Crippen LogP contribution is 2.22. The number of nitrogens with one attached hydrogen (secondary N) is 1. The van der Waals surface area contributed by atoms with Crippen LogP contribution in [0.15, 0.2) is 60.7 Å². The van der Waals surface area contributed by atoms with Gasteiger partial charge in [-0.25, -0.2) is 0 Å². The number of hydrogen-bond acceptors (Lipinski definition) is 4. The van der Waals surface area contributed by atoms with Crippen molar-refractivity contribution >= 4 is 11.9 Å². The normalized spacial score (nSPS) is 11.6. The fourth-order valence-corrected chi connectivity index (χ4v) is 3.42. The van der Waals surface area contributed by atoms with Crippen molar-refractivity contribution in [3.63, 3.8) is 0 Å². The van der Waals surface area contributed by atoms with Crippen molar-refractivity contribution < 1.29 is 19.1 Å². The molecule has 0 aliphatic carbocycles. The molecule has 0 aliphatic rings. The Morgan fingerprint density at radius 1 is 0.900 bits per heavy atom. The first-order chi connectivity index (χ1) is 14.4. The maximum absolute atomic E-state index is 12.9. The number of aromatic nitrogens is 1. The van der Waals surface area contributed by atoms with Gasteiger partial charge in [0, 0.05) is 22.6 Å². The third-order valence-corrected chi connectivity index (χ3v) is 5.08. The van der Waals surface area contributed by atoms with Crippen LogP contribution >= 0.6 is 0 Å². The molecule has 0 saturated heterocycles. The van der Waals surface area contributed by atoms with E-state index in [0.29, 0.717) is 11.3 Å². The van der Waals surface area contributed by atoms with Crippen molar-refractivity contribution in [2.24, 2.45) is 0 Å². The predicted molar refractivity (Wildman–Crippen MR) is 115 cm³/mol. The van der Waals surface area contributed by atoms with Crippen molar-refractivity contribution in [1.82, 2.24) is 9.88 Å². The van der Waals surface area contributed by atoms with Gasteiger partial charge in [0.2, 0.25) is 0 Å². The molecule has 2 aromatic carbocycles. The molecule has 1 N–H and O–H groups in total. The second kappa shape index (κ2) is 9.31. The summed E-state index contributed by atoms with van der Waals surface area (Å²) in [6.07, 6.45) is 0.0361. The summed E-state index contributed by atoms with van der Waals surface area (Å²) in [4.78, 5) is 24.7. The maximum Gasteiger partial charge on any atom is 0.307 e. The van der Waals surface area contributed by atoms with Crippen molar-refractivity contribution in [1.29, 1.82) is 0 Å². The van der Waals surface area contributed by atoms with E-state index in [0.717, 1.165) is 22.6 Å². The van der Waals surface area contributed by atoms with Gasteiger partial charge in [0.25, 0.3) is 5.91 Å². The van der Waals surface area contributed by atoms with Crippen LogP contribution in [0.25, 0.3) is 5.69 Å². The predicted octanol–water partition coefficient (Wildman–Crippen LogP) is 4.14. The fourth-order valence-electron chi connectivity index (χ4n) is 3.42. The third kappa shape index (κ3) is 4.71. The number of carbonyl (C=O) groups excluding carboxylic acids is 2. The van der Waals surface area contributed by atoms with E-state index in [1.807, 2.05) is 38.1 Å². The van der Waals surface area contributed by atoms with Crippen LogP contribution in [-0.2, 0) is 9.53 Å². The van der Waals surface area contributed by atoms with Gasteiger partial charge >= 0.3 is 5.97 Å². The highest BCUT2D eigenvalue weighted by Gasteiger charge is 2.20. The van der Waals surface area contributed by atoms with Crippen LogP contribution in [0.1, 0.15) is 39.8 Å². The van der Waals surface area contributed by atoms with Crippen LogP contribution in [0.3, 0.4) is 0 Å². The van der Waals surface area contributed by atoms with Crippen molar-refractivity contribution in [2.75, 3.05) is 14.2 Å². The minimum atomic E-state index is -0.510. The number of rotatable bonds is 7. The van der Waals surface area contributed by atoms with E-state index < -0.39 is 12.0 Å². The first kappa shape index (κ1) is 21.2. The summed E-state index contributed by atoms with van der Waals surface area (Å²) in [5, 5.41) is 2.94. The lowest BCUT2D eigenvalue weighted by Gasteiger charge is -2.19. The minimum Gasteiger partial charge on any atom is -0.497 e. The van der Waals surface area contributed by atoms with E-state index in [2.05, 4.69) is 22.0 Å². The number of methoxy groups -OCH3 is 2. The Morgan fingerprint density at radius 3 is 2.03 bits per heavy atom. The Kier molecular flexibility index (Phi) is 6.57. The Labute approximate surface area is 176 Å². The highest BCUT2D eigenvalue weighted by atomic mass is 16.5. The highest BCUT2D eigenvalue weighted by molar-refractivity contribution is 5.95. The molecular weight excluding hydrogens is 380 g/mol. The Bertz CT molecular complexity index is 1000. The lowest BCUT2D eigenvalue weighted by Crippen LogP contribution is -2.30. The summed E-state index contributed by atoms with van der Waals surface area (Å²) in [6.45, 7) is 4.08. The molecule has 0 spiro atoms. The van der Waals surface area contributed by atoms with Gasteiger partial charge in [-0.05, 0) is 67.9 Å². The number of benzene rings is 2. The van der Waals surface area contributed by atoms with Crippen LogP contribution in [0.4, 0.5) is 0 Å². The molecule has 1 aromatic heterocycles. The average Bonchev–Trinajstić information content (AvgIpc) is 3.11. The molecular formula is C24H26N2O4. The Balaban J connectivity index is 1.80. The summed E-state index contributed by atoms with van der Waals surface area (Å²) in [5.41, 5.74) is 4.56. The molecule has 0 saturated carbocycles. The maximum atomic E-state index is 12.9. The van der Waals surface area contributed by atoms with Crippen LogP contribution in [0.5, 0.6) is 5.75 Å². The molecule has 6 nitrogen and oxygen atoms in total. The number of amides is 1. The van der Waals surface area contributed by atoms with Crippen LogP contribution in [-0.4, -0.2) is 30.7 Å². The number of carbonyl (C=O) groups is 2. The molecule has 30 heavy (non-hydrogen) atoms. The van der Waals surface area contributed by atoms with E-state index in [9.17, 15) is 9.59 Å². The lowest BCUT2D eigenvalue weighted by atomic mass is 10.0. The van der Waals surface area contributed by atoms with Crippen LogP contribution in [0, 0.1) is 13.8 Å². The van der Waals surface area contributed by atoms with Gasteiger partial charge in [0.05, 0.1) is 26.7 Å². The molecule has 0 fully saturated rings. The quantitative estimate of drug-likeness (QED) is 0.599. The molecule has 3 rings (SSSR count). The van der Waals surface area contributed by atoms with Crippen molar-refractivity contribution in [3.05, 3.63) is 83.2 Å². The molecule has 156 valence electrons. The minimum absolute atomic E-state index is 0.0361. The first-order valence-corrected chi connectivity index (χ1v) is 9.70. The SMILES string of the molecule is COC(=O)CC(NC(=O)c1ccc(-n2c(C)ccc2C)cc1)c1ccc(OC)cc1. The number of hydrogen-bond donors (Lipinski definition) is 1. The number of aryl methyl sites for hydroxylation is 2. The summed E-state index contributed by atoms with van der Waals surface area (Å²) in [5.74, 6) is 0.0466. The monoisotopic (exact) mass is 406 g/mol. The summed E-state index contributed by atoms with van der Waals surface area (Å²) < 4.78 is 12.1. The van der Waals surface area contributed by atoms with Gasteiger partial charge in [0.1, 0.15) is 5.75 Å². The molecule has 1 heterocycles. The van der Waals surface area contributed by atoms with Gasteiger partial charge in [-0.15, -0.1) is 0 Å². The Hall–Kier alpha value is -3.54. The first-order valence-electron chi connectivity index (χ1n) is 9.70. The second-order valence-electron chi connectivity index (χ2n) is 7.08. The van der Waals surface area contributed by atoms with Gasteiger partial charge in [-0.1, -0.05) is 12.1 Å². The van der Waals surface area contributed by atoms with Gasteiger partial charge < -0.3 is 19.4 Å². The smallest absolute Gasteiger partial charge is 0.307 e. The number of ether oxygens (including phenoxy) is 2. The van der Waals surface area contributed by atoms with Crippen molar-refractivity contribution in [3.8, 4) is 11.4 Å². The van der Waals surface area contributed by atoms with E-state index in [-0.39, 0.29) is 12.3 Å².